The zero-order valence-electron chi connectivity index (χ0n) is 20.5. The van der Waals surface area contributed by atoms with Gasteiger partial charge in [0.05, 0.1) is 24.3 Å². The molecule has 9 heteroatoms. The first kappa shape index (κ1) is 25.3. The number of nitrogens with zero attached hydrogens (tertiary/aromatic N) is 2. The van der Waals surface area contributed by atoms with Crippen molar-refractivity contribution in [1.29, 1.82) is 0 Å². The summed E-state index contributed by atoms with van der Waals surface area (Å²) < 4.78 is 0. The number of likely N-dealkylation sites (N-methyl/N-ethyl adjacent to an activating group) is 1. The molecule has 4 atom stereocenters. The molecule has 1 unspecified atom stereocenters. The van der Waals surface area contributed by atoms with Crippen LogP contribution in [0.5, 0.6) is 0 Å². The van der Waals surface area contributed by atoms with Crippen LogP contribution in [0, 0.1) is 11.8 Å². The van der Waals surface area contributed by atoms with Crippen LogP contribution in [-0.2, 0) is 20.0 Å². The predicted molar refractivity (Wildman–Crippen MR) is 133 cm³/mol. The van der Waals surface area contributed by atoms with E-state index in [0.717, 1.165) is 32.2 Å². The second-order valence-electron chi connectivity index (χ2n) is 9.88. The smallest absolute Gasteiger partial charge is 0.264 e. The average Bonchev–Trinajstić information content (AvgIpc) is 3.43. The zero-order valence-corrected chi connectivity index (χ0v) is 20.5. The Labute approximate surface area is 206 Å². The van der Waals surface area contributed by atoms with E-state index < -0.39 is 17.4 Å². The Balaban J connectivity index is 1.49. The van der Waals surface area contributed by atoms with Gasteiger partial charge in [0.1, 0.15) is 0 Å². The molecule has 0 aliphatic carbocycles. The number of anilines is 2. The first-order valence-electron chi connectivity index (χ1n) is 12.5. The summed E-state index contributed by atoms with van der Waals surface area (Å²) in [4.78, 5) is 41.5. The van der Waals surface area contributed by atoms with E-state index in [9.17, 15) is 24.6 Å². The molecule has 0 bridgehead atoms. The van der Waals surface area contributed by atoms with Gasteiger partial charge < -0.3 is 30.6 Å². The monoisotopic (exact) mass is 484 g/mol. The molecular weight excluding hydrogens is 448 g/mol. The highest BCUT2D eigenvalue weighted by atomic mass is 16.3. The lowest BCUT2D eigenvalue weighted by molar-refractivity contribution is -0.139. The summed E-state index contributed by atoms with van der Waals surface area (Å²) in [7, 11) is 1.62. The highest BCUT2D eigenvalue weighted by Crippen LogP contribution is 2.45. The normalized spacial score (nSPS) is 27.4. The van der Waals surface area contributed by atoms with Crippen molar-refractivity contribution in [2.75, 3.05) is 43.5 Å². The largest absolute Gasteiger partial charge is 0.394 e. The van der Waals surface area contributed by atoms with Gasteiger partial charge >= 0.3 is 0 Å². The van der Waals surface area contributed by atoms with Crippen molar-refractivity contribution < 1.29 is 24.6 Å². The molecule has 0 spiro atoms. The second-order valence-corrected chi connectivity index (χ2v) is 9.88. The minimum atomic E-state index is -1.81. The van der Waals surface area contributed by atoms with Crippen molar-refractivity contribution in [3.8, 4) is 0 Å². The lowest BCUT2D eigenvalue weighted by atomic mass is 9.82. The summed E-state index contributed by atoms with van der Waals surface area (Å²) >= 11 is 0. The number of likely N-dealkylation sites (tertiary alicyclic amines) is 1. The fraction of sp³-hybridized carbons (Fsp3) is 0.577. The van der Waals surface area contributed by atoms with Crippen molar-refractivity contribution in [2.24, 2.45) is 11.8 Å². The second kappa shape index (κ2) is 10.5. The van der Waals surface area contributed by atoms with Crippen LogP contribution in [0.1, 0.15) is 44.6 Å². The Bertz CT molecular complexity index is 1010. The van der Waals surface area contributed by atoms with E-state index in [1.54, 1.807) is 49.2 Å². The van der Waals surface area contributed by atoms with E-state index in [2.05, 4.69) is 10.6 Å². The Morgan fingerprint density at radius 2 is 2.11 bits per heavy atom. The number of carbonyl (C=O) groups is 3. The number of fused-ring (bicyclic) bond motifs is 1. The number of benzene rings is 1. The Morgan fingerprint density at radius 3 is 2.83 bits per heavy atom. The van der Waals surface area contributed by atoms with Gasteiger partial charge in [-0.1, -0.05) is 19.1 Å². The molecule has 2 saturated heterocycles. The van der Waals surface area contributed by atoms with Crippen molar-refractivity contribution in [2.45, 2.75) is 50.7 Å². The van der Waals surface area contributed by atoms with Gasteiger partial charge in [-0.25, -0.2) is 0 Å². The Hall–Kier alpha value is -2.75. The van der Waals surface area contributed by atoms with E-state index >= 15 is 0 Å². The number of hydrogen-bond acceptors (Lipinski definition) is 6. The van der Waals surface area contributed by atoms with Gasteiger partial charge in [0.15, 0.2) is 5.60 Å². The summed E-state index contributed by atoms with van der Waals surface area (Å²) in [5.41, 5.74) is -0.240. The molecule has 0 aromatic heterocycles. The van der Waals surface area contributed by atoms with Crippen LogP contribution < -0.4 is 15.5 Å². The molecular formula is C26H36N4O5. The van der Waals surface area contributed by atoms with Crippen LogP contribution in [0.25, 0.3) is 0 Å². The molecule has 1 aromatic rings. The molecule has 4 N–H and O–H groups in total. The van der Waals surface area contributed by atoms with Crippen molar-refractivity contribution >= 4 is 29.1 Å². The number of aliphatic hydroxyl groups excluding tert-OH is 1. The van der Waals surface area contributed by atoms with E-state index in [1.165, 1.54) is 4.90 Å². The van der Waals surface area contributed by atoms with Crippen LogP contribution in [0.15, 0.2) is 30.4 Å². The number of rotatable bonds is 7. The first-order chi connectivity index (χ1) is 16.8. The fourth-order valence-electron chi connectivity index (χ4n) is 5.44. The van der Waals surface area contributed by atoms with Gasteiger partial charge in [0.2, 0.25) is 11.8 Å². The van der Waals surface area contributed by atoms with Crippen LogP contribution in [-0.4, -0.2) is 72.2 Å². The molecule has 1 aromatic carbocycles. The Kier molecular flexibility index (Phi) is 7.59. The van der Waals surface area contributed by atoms with Crippen LogP contribution in [0.2, 0.25) is 0 Å². The third kappa shape index (κ3) is 4.85. The first-order valence-corrected chi connectivity index (χ1v) is 12.5. The molecule has 4 rings (SSSR count). The standard InChI is InChI=1S/C26H36N4O5/c1-17(6-3-9-23(32)30-13-5-8-20(30)16-31)26(35)21-14-19(10-11-22(21)29(2)25(26)34)28-24(33)18-7-4-12-27-15-18/h3,6,10-11,14,17-18,20,27,31,35H,4-5,7-9,12-13,15-16H2,1-2H3,(H,28,33)/b6-3+/t17-,18?,20-,26+/m0/s1. The van der Waals surface area contributed by atoms with Crippen molar-refractivity contribution in [3.05, 3.63) is 35.9 Å². The van der Waals surface area contributed by atoms with E-state index in [-0.39, 0.29) is 36.8 Å². The minimum absolute atomic E-state index is 0.0423. The molecule has 0 saturated carbocycles. The number of carbonyl (C=O) groups excluding carboxylic acids is 3. The molecule has 3 aliphatic rings. The zero-order chi connectivity index (χ0) is 25.2. The van der Waals surface area contributed by atoms with Crippen molar-refractivity contribution in [3.63, 3.8) is 0 Å². The number of nitrogens with one attached hydrogen (secondary N) is 2. The van der Waals surface area contributed by atoms with Gasteiger partial charge in [-0.15, -0.1) is 0 Å². The van der Waals surface area contributed by atoms with Gasteiger partial charge in [-0.2, -0.15) is 0 Å². The van der Waals surface area contributed by atoms with Gasteiger partial charge in [-0.05, 0) is 50.4 Å². The summed E-state index contributed by atoms with van der Waals surface area (Å²) in [6.45, 7) is 3.89. The molecule has 0 radical (unpaired) electrons. The molecule has 3 heterocycles. The van der Waals surface area contributed by atoms with Crippen LogP contribution in [0.4, 0.5) is 11.4 Å². The van der Waals surface area contributed by atoms with Crippen LogP contribution >= 0.6 is 0 Å². The van der Waals surface area contributed by atoms with Crippen molar-refractivity contribution in [1.82, 2.24) is 10.2 Å². The minimum Gasteiger partial charge on any atom is -0.394 e. The quantitative estimate of drug-likeness (QED) is 0.434. The highest BCUT2D eigenvalue weighted by Gasteiger charge is 2.51. The van der Waals surface area contributed by atoms with Crippen LogP contribution in [0.3, 0.4) is 0 Å². The van der Waals surface area contributed by atoms with Gasteiger partial charge in [0, 0.05) is 43.7 Å². The molecule has 35 heavy (non-hydrogen) atoms. The molecule has 3 aliphatic heterocycles. The molecule has 3 amide bonds. The molecule has 2 fully saturated rings. The number of piperidine rings is 1. The fourth-order valence-corrected chi connectivity index (χ4v) is 5.44. The number of hydrogen-bond donors (Lipinski definition) is 4. The maximum absolute atomic E-state index is 13.1. The summed E-state index contributed by atoms with van der Waals surface area (Å²) in [6, 6.07) is 5.03. The number of aliphatic hydroxyl groups is 2. The summed E-state index contributed by atoms with van der Waals surface area (Å²) in [6.07, 6.45) is 6.98. The van der Waals surface area contributed by atoms with E-state index in [4.69, 9.17) is 0 Å². The van der Waals surface area contributed by atoms with E-state index in [0.29, 0.717) is 30.0 Å². The Morgan fingerprint density at radius 1 is 1.31 bits per heavy atom. The lowest BCUT2D eigenvalue weighted by Crippen LogP contribution is -2.43. The average molecular weight is 485 g/mol. The summed E-state index contributed by atoms with van der Waals surface area (Å²) in [5, 5.41) is 27.3. The molecule has 9 nitrogen and oxygen atoms in total. The van der Waals surface area contributed by atoms with E-state index in [1.807, 2.05) is 0 Å². The topological polar surface area (TPSA) is 122 Å². The maximum atomic E-state index is 13.1. The van der Waals surface area contributed by atoms with Gasteiger partial charge in [0.25, 0.3) is 5.91 Å². The summed E-state index contributed by atoms with van der Waals surface area (Å²) in [5.74, 6) is -1.31. The van der Waals surface area contributed by atoms with Gasteiger partial charge in [-0.3, -0.25) is 14.4 Å². The maximum Gasteiger partial charge on any atom is 0.264 e. The third-order valence-electron chi connectivity index (χ3n) is 7.62. The SMILES string of the molecule is C[C@@H](/C=C/CC(=O)N1CCC[C@H]1CO)[C@]1(O)C(=O)N(C)c2ccc(NC(=O)C3CCCNC3)cc21. The predicted octanol–water partition coefficient (Wildman–Crippen LogP) is 1.35. The number of amides is 3. The highest BCUT2D eigenvalue weighted by molar-refractivity contribution is 6.07. The third-order valence-corrected chi connectivity index (χ3v) is 7.62. The lowest BCUT2D eigenvalue weighted by Gasteiger charge is -2.27. The molecule has 190 valence electrons.